The molecule has 3 nitrogen and oxygen atoms in total. The van der Waals surface area contributed by atoms with Crippen molar-refractivity contribution < 1.29 is 4.79 Å². The van der Waals surface area contributed by atoms with Crippen LogP contribution in [0.2, 0.25) is 0 Å². The van der Waals surface area contributed by atoms with Crippen molar-refractivity contribution in [3.05, 3.63) is 16.6 Å². The third kappa shape index (κ3) is 3.59. The van der Waals surface area contributed by atoms with Gasteiger partial charge in [0.2, 0.25) is 5.91 Å². The molecule has 1 heterocycles. The van der Waals surface area contributed by atoms with E-state index >= 15 is 0 Å². The van der Waals surface area contributed by atoms with Crippen molar-refractivity contribution in [2.75, 3.05) is 0 Å². The number of amides is 1. The smallest absolute Gasteiger partial charge is 0.220 e. The molecule has 0 radical (unpaired) electrons. The van der Waals surface area contributed by atoms with Crippen molar-refractivity contribution >= 4 is 17.2 Å². The lowest BCUT2D eigenvalue weighted by Gasteiger charge is -2.22. The second-order valence-electron chi connectivity index (χ2n) is 4.33. The van der Waals surface area contributed by atoms with Gasteiger partial charge in [-0.1, -0.05) is 19.3 Å². The average Bonchev–Trinajstić information content (AvgIpc) is 2.81. The molecule has 1 fully saturated rings. The number of hydrogen-bond donors (Lipinski definition) is 1. The number of rotatable bonds is 4. The minimum atomic E-state index is 0.183. The fourth-order valence-corrected chi connectivity index (χ4v) is 2.76. The molecular weight excluding hydrogens is 220 g/mol. The zero-order valence-corrected chi connectivity index (χ0v) is 10.3. The molecule has 88 valence electrons. The lowest BCUT2D eigenvalue weighted by Crippen LogP contribution is -2.36. The van der Waals surface area contributed by atoms with Gasteiger partial charge in [0.15, 0.2) is 0 Å². The van der Waals surface area contributed by atoms with E-state index in [1.54, 1.807) is 17.5 Å². The fraction of sp³-hybridized carbons (Fsp3) is 0.667. The molecule has 1 aliphatic carbocycles. The van der Waals surface area contributed by atoms with E-state index in [4.69, 9.17) is 0 Å². The molecule has 0 atom stereocenters. The predicted molar refractivity (Wildman–Crippen MR) is 65.5 cm³/mol. The Kier molecular flexibility index (Phi) is 4.34. The molecule has 0 aliphatic heterocycles. The van der Waals surface area contributed by atoms with E-state index in [9.17, 15) is 4.79 Å². The molecule has 4 heteroatoms. The molecule has 1 aromatic rings. The number of carbonyl (C=O) groups excluding carboxylic acids is 1. The molecule has 0 spiro atoms. The normalized spacial score (nSPS) is 17.2. The summed E-state index contributed by atoms with van der Waals surface area (Å²) in [6.07, 6.45) is 9.30. The van der Waals surface area contributed by atoms with Crippen LogP contribution in [0, 0.1) is 0 Å². The highest BCUT2D eigenvalue weighted by molar-refractivity contribution is 7.09. The highest BCUT2D eigenvalue weighted by Gasteiger charge is 2.15. The molecule has 0 unspecified atom stereocenters. The van der Waals surface area contributed by atoms with E-state index in [2.05, 4.69) is 10.3 Å². The van der Waals surface area contributed by atoms with Gasteiger partial charge in [-0.25, -0.2) is 4.98 Å². The van der Waals surface area contributed by atoms with Crippen LogP contribution in [0.25, 0.3) is 0 Å². The van der Waals surface area contributed by atoms with E-state index < -0.39 is 0 Å². The summed E-state index contributed by atoms with van der Waals surface area (Å²) < 4.78 is 0. The summed E-state index contributed by atoms with van der Waals surface area (Å²) >= 11 is 1.62. The fourth-order valence-electron chi connectivity index (χ4n) is 2.14. The molecule has 2 rings (SSSR count). The Balaban J connectivity index is 1.67. The number of aryl methyl sites for hydroxylation is 1. The summed E-state index contributed by atoms with van der Waals surface area (Å²) in [5, 5.41) is 6.13. The van der Waals surface area contributed by atoms with Gasteiger partial charge < -0.3 is 5.32 Å². The van der Waals surface area contributed by atoms with Crippen LogP contribution in [0.15, 0.2) is 11.6 Å². The van der Waals surface area contributed by atoms with E-state index in [-0.39, 0.29) is 5.91 Å². The largest absolute Gasteiger partial charge is 0.353 e. The maximum Gasteiger partial charge on any atom is 0.220 e. The Hall–Kier alpha value is -0.900. The van der Waals surface area contributed by atoms with Gasteiger partial charge in [-0.15, -0.1) is 11.3 Å². The molecule has 1 amide bonds. The number of nitrogens with one attached hydrogen (secondary N) is 1. The Bertz CT molecular complexity index is 318. The Labute approximate surface area is 100 Å². The first-order valence-corrected chi connectivity index (χ1v) is 6.90. The van der Waals surface area contributed by atoms with E-state index in [1.165, 1.54) is 19.3 Å². The average molecular weight is 238 g/mol. The summed E-state index contributed by atoms with van der Waals surface area (Å²) in [5.74, 6) is 0.183. The van der Waals surface area contributed by atoms with Crippen LogP contribution in [0.4, 0.5) is 0 Å². The summed E-state index contributed by atoms with van der Waals surface area (Å²) in [5.41, 5.74) is 0. The molecule has 16 heavy (non-hydrogen) atoms. The summed E-state index contributed by atoms with van der Waals surface area (Å²) in [6.45, 7) is 0. The predicted octanol–water partition coefficient (Wildman–Crippen LogP) is 2.52. The van der Waals surface area contributed by atoms with Gasteiger partial charge >= 0.3 is 0 Å². The standard InChI is InChI=1S/C12H18N2OS/c15-11(6-7-12-13-8-9-16-12)14-10-4-2-1-3-5-10/h8-10H,1-7H2,(H,14,15). The maximum absolute atomic E-state index is 11.7. The molecule has 0 aromatic carbocycles. The van der Waals surface area contributed by atoms with Crippen LogP contribution in [0.1, 0.15) is 43.5 Å². The second-order valence-corrected chi connectivity index (χ2v) is 5.31. The van der Waals surface area contributed by atoms with Crippen LogP contribution in [-0.2, 0) is 11.2 Å². The first kappa shape index (κ1) is 11.6. The first-order valence-electron chi connectivity index (χ1n) is 6.02. The topological polar surface area (TPSA) is 42.0 Å². The van der Waals surface area contributed by atoms with Gasteiger partial charge in [-0.3, -0.25) is 4.79 Å². The lowest BCUT2D eigenvalue weighted by atomic mass is 9.95. The van der Waals surface area contributed by atoms with Crippen LogP contribution in [0.3, 0.4) is 0 Å². The second kappa shape index (κ2) is 5.99. The Morgan fingerprint density at radius 1 is 1.44 bits per heavy atom. The zero-order valence-electron chi connectivity index (χ0n) is 9.45. The van der Waals surface area contributed by atoms with Gasteiger partial charge in [-0.05, 0) is 12.8 Å². The van der Waals surface area contributed by atoms with Crippen molar-refractivity contribution in [1.82, 2.24) is 10.3 Å². The number of hydrogen-bond acceptors (Lipinski definition) is 3. The minimum Gasteiger partial charge on any atom is -0.353 e. The molecule has 1 aliphatic rings. The van der Waals surface area contributed by atoms with Crippen LogP contribution in [-0.4, -0.2) is 16.9 Å². The molecular formula is C12H18N2OS. The van der Waals surface area contributed by atoms with Crippen molar-refractivity contribution in [1.29, 1.82) is 0 Å². The quantitative estimate of drug-likeness (QED) is 0.875. The third-order valence-corrected chi connectivity index (χ3v) is 3.86. The van der Waals surface area contributed by atoms with Gasteiger partial charge in [-0.2, -0.15) is 0 Å². The summed E-state index contributed by atoms with van der Waals surface area (Å²) in [6, 6.07) is 0.428. The monoisotopic (exact) mass is 238 g/mol. The summed E-state index contributed by atoms with van der Waals surface area (Å²) in [4.78, 5) is 15.8. The Morgan fingerprint density at radius 3 is 2.94 bits per heavy atom. The van der Waals surface area contributed by atoms with E-state index in [1.807, 2.05) is 5.38 Å². The SMILES string of the molecule is O=C(CCc1nccs1)NC1CCCCC1. The molecule has 1 N–H and O–H groups in total. The van der Waals surface area contributed by atoms with Crippen LogP contribution in [0.5, 0.6) is 0 Å². The summed E-state index contributed by atoms with van der Waals surface area (Å²) in [7, 11) is 0. The van der Waals surface area contributed by atoms with Crippen LogP contribution >= 0.6 is 11.3 Å². The highest BCUT2D eigenvalue weighted by Crippen LogP contribution is 2.17. The van der Waals surface area contributed by atoms with Gasteiger partial charge in [0.25, 0.3) is 0 Å². The maximum atomic E-state index is 11.7. The van der Waals surface area contributed by atoms with Crippen molar-refractivity contribution in [2.24, 2.45) is 0 Å². The molecule has 1 saturated carbocycles. The van der Waals surface area contributed by atoms with Gasteiger partial charge in [0, 0.05) is 30.5 Å². The highest BCUT2D eigenvalue weighted by atomic mass is 32.1. The number of aromatic nitrogens is 1. The zero-order chi connectivity index (χ0) is 11.2. The minimum absolute atomic E-state index is 0.183. The number of nitrogens with zero attached hydrogens (tertiary/aromatic N) is 1. The number of carbonyl (C=O) groups is 1. The van der Waals surface area contributed by atoms with Crippen LogP contribution < -0.4 is 5.32 Å². The molecule has 0 bridgehead atoms. The lowest BCUT2D eigenvalue weighted by molar-refractivity contribution is -0.121. The molecule has 1 aromatic heterocycles. The van der Waals surface area contributed by atoms with E-state index in [0.717, 1.165) is 24.3 Å². The third-order valence-electron chi connectivity index (χ3n) is 3.02. The van der Waals surface area contributed by atoms with Crippen molar-refractivity contribution in [3.8, 4) is 0 Å². The molecule has 0 saturated heterocycles. The number of thiazole rings is 1. The Morgan fingerprint density at radius 2 is 2.25 bits per heavy atom. The van der Waals surface area contributed by atoms with Crippen molar-refractivity contribution in [2.45, 2.75) is 51.0 Å². The van der Waals surface area contributed by atoms with Gasteiger partial charge in [0.05, 0.1) is 5.01 Å². The van der Waals surface area contributed by atoms with Crippen molar-refractivity contribution in [3.63, 3.8) is 0 Å². The van der Waals surface area contributed by atoms with Gasteiger partial charge in [0.1, 0.15) is 0 Å². The first-order chi connectivity index (χ1) is 7.84. The van der Waals surface area contributed by atoms with E-state index in [0.29, 0.717) is 12.5 Å².